The lowest BCUT2D eigenvalue weighted by Crippen LogP contribution is -2.39. The third-order valence-electron chi connectivity index (χ3n) is 4.51. The summed E-state index contributed by atoms with van der Waals surface area (Å²) in [7, 11) is 0. The molecule has 3 heterocycles. The third kappa shape index (κ3) is 4.84. The number of ether oxygens (including phenoxy) is 2. The fourth-order valence-electron chi connectivity index (χ4n) is 3.14. The van der Waals surface area contributed by atoms with Gasteiger partial charge in [0.1, 0.15) is 12.7 Å². The van der Waals surface area contributed by atoms with Crippen molar-refractivity contribution >= 4 is 5.91 Å². The first-order valence-electron chi connectivity index (χ1n) is 9.06. The number of rotatable bonds is 7. The summed E-state index contributed by atoms with van der Waals surface area (Å²) in [6.07, 6.45) is 7.94. The second-order valence-corrected chi connectivity index (χ2v) is 6.46. The predicted molar refractivity (Wildman–Crippen MR) is 91.3 cm³/mol. The summed E-state index contributed by atoms with van der Waals surface area (Å²) < 4.78 is 11.5. The molecule has 0 radical (unpaired) electrons. The molecule has 0 aromatic carbocycles. The van der Waals surface area contributed by atoms with Gasteiger partial charge in [-0.3, -0.25) is 4.79 Å². The first-order chi connectivity index (χ1) is 11.8. The number of hydrogen-bond acceptors (Lipinski definition) is 5. The summed E-state index contributed by atoms with van der Waals surface area (Å²) in [5, 5.41) is 3.41. The van der Waals surface area contributed by atoms with Gasteiger partial charge in [0.25, 0.3) is 5.88 Å². The van der Waals surface area contributed by atoms with Gasteiger partial charge in [0.15, 0.2) is 5.75 Å². The standard InChI is InChI=1S/C18H27N3O3/c22-17-8-2-1-4-11-21(17)12-5-3-9-19-13-15-14-23-16-7-6-10-20-18(16)24-15/h6-7,10,15,19H,1-5,8-9,11-14H2. The van der Waals surface area contributed by atoms with Crippen molar-refractivity contribution in [2.75, 3.05) is 32.8 Å². The summed E-state index contributed by atoms with van der Waals surface area (Å²) in [5.74, 6) is 1.63. The van der Waals surface area contributed by atoms with Crippen LogP contribution in [0.1, 0.15) is 38.5 Å². The van der Waals surface area contributed by atoms with Gasteiger partial charge in [-0.15, -0.1) is 0 Å². The van der Waals surface area contributed by atoms with E-state index in [-0.39, 0.29) is 6.10 Å². The lowest BCUT2D eigenvalue weighted by atomic mass is 10.2. The maximum absolute atomic E-state index is 11.9. The molecule has 1 aromatic heterocycles. The van der Waals surface area contributed by atoms with Crippen LogP contribution in [0.25, 0.3) is 0 Å². The number of nitrogens with one attached hydrogen (secondary N) is 1. The SMILES string of the molecule is O=C1CCCCCN1CCCCNCC1COc2cccnc2O1. The lowest BCUT2D eigenvalue weighted by Gasteiger charge is -2.25. The van der Waals surface area contributed by atoms with Crippen molar-refractivity contribution in [1.29, 1.82) is 0 Å². The van der Waals surface area contributed by atoms with Crippen LogP contribution in [0.2, 0.25) is 0 Å². The number of unbranched alkanes of at least 4 members (excludes halogenated alkanes) is 1. The fourth-order valence-corrected chi connectivity index (χ4v) is 3.14. The van der Waals surface area contributed by atoms with Gasteiger partial charge in [0.2, 0.25) is 5.91 Å². The van der Waals surface area contributed by atoms with E-state index in [1.807, 2.05) is 17.0 Å². The lowest BCUT2D eigenvalue weighted by molar-refractivity contribution is -0.130. The second-order valence-electron chi connectivity index (χ2n) is 6.46. The molecule has 6 heteroatoms. The molecule has 6 nitrogen and oxygen atoms in total. The van der Waals surface area contributed by atoms with Crippen LogP contribution < -0.4 is 14.8 Å². The molecule has 1 aromatic rings. The second kappa shape index (κ2) is 8.87. The number of likely N-dealkylation sites (tertiary alicyclic amines) is 1. The van der Waals surface area contributed by atoms with Crippen LogP contribution >= 0.6 is 0 Å². The smallest absolute Gasteiger partial charge is 0.257 e. The Kier molecular flexibility index (Phi) is 6.29. The Bertz CT molecular complexity index is 538. The van der Waals surface area contributed by atoms with E-state index < -0.39 is 0 Å². The van der Waals surface area contributed by atoms with E-state index >= 15 is 0 Å². The molecule has 24 heavy (non-hydrogen) atoms. The molecule has 1 N–H and O–H groups in total. The van der Waals surface area contributed by atoms with E-state index in [1.165, 1.54) is 6.42 Å². The van der Waals surface area contributed by atoms with Crippen LogP contribution in [0, 0.1) is 0 Å². The summed E-state index contributed by atoms with van der Waals surface area (Å²) in [5.41, 5.74) is 0. The van der Waals surface area contributed by atoms with Crippen LogP contribution in [0.15, 0.2) is 18.3 Å². The minimum Gasteiger partial charge on any atom is -0.484 e. The van der Waals surface area contributed by atoms with Gasteiger partial charge in [0, 0.05) is 32.3 Å². The number of hydrogen-bond donors (Lipinski definition) is 1. The van der Waals surface area contributed by atoms with Crippen molar-refractivity contribution in [3.63, 3.8) is 0 Å². The Balaban J connectivity index is 1.27. The summed E-state index contributed by atoms with van der Waals surface area (Å²) in [6, 6.07) is 3.71. The largest absolute Gasteiger partial charge is 0.484 e. The Morgan fingerprint density at radius 3 is 3.21 bits per heavy atom. The van der Waals surface area contributed by atoms with E-state index in [0.29, 0.717) is 18.4 Å². The number of carbonyl (C=O) groups is 1. The maximum Gasteiger partial charge on any atom is 0.257 e. The number of fused-ring (bicyclic) bond motifs is 1. The van der Waals surface area contributed by atoms with Crippen LogP contribution in [-0.4, -0.2) is 54.7 Å². The highest BCUT2D eigenvalue weighted by Crippen LogP contribution is 2.27. The zero-order chi connectivity index (χ0) is 16.6. The van der Waals surface area contributed by atoms with Gasteiger partial charge in [-0.2, -0.15) is 0 Å². The van der Waals surface area contributed by atoms with E-state index in [9.17, 15) is 4.79 Å². The normalized spacial score (nSPS) is 20.8. The number of aromatic nitrogens is 1. The van der Waals surface area contributed by atoms with Crippen molar-refractivity contribution in [3.05, 3.63) is 18.3 Å². The summed E-state index contributed by atoms with van der Waals surface area (Å²) in [4.78, 5) is 18.1. The first-order valence-corrected chi connectivity index (χ1v) is 9.06. The molecule has 0 saturated carbocycles. The van der Waals surface area contributed by atoms with Gasteiger partial charge in [0.05, 0.1) is 0 Å². The quantitative estimate of drug-likeness (QED) is 0.773. The van der Waals surface area contributed by atoms with Crippen molar-refractivity contribution < 1.29 is 14.3 Å². The van der Waals surface area contributed by atoms with Crippen LogP contribution in [0.5, 0.6) is 11.6 Å². The van der Waals surface area contributed by atoms with Crippen molar-refractivity contribution in [2.24, 2.45) is 0 Å². The molecule has 0 aliphatic carbocycles. The van der Waals surface area contributed by atoms with E-state index in [2.05, 4.69) is 10.3 Å². The van der Waals surface area contributed by atoms with E-state index in [4.69, 9.17) is 9.47 Å². The Hall–Kier alpha value is -1.82. The van der Waals surface area contributed by atoms with Crippen molar-refractivity contribution in [3.8, 4) is 11.6 Å². The Morgan fingerprint density at radius 2 is 2.25 bits per heavy atom. The zero-order valence-electron chi connectivity index (χ0n) is 14.2. The number of amides is 1. The van der Waals surface area contributed by atoms with Gasteiger partial charge in [-0.25, -0.2) is 4.98 Å². The zero-order valence-corrected chi connectivity index (χ0v) is 14.2. The molecule has 1 fully saturated rings. The highest BCUT2D eigenvalue weighted by Gasteiger charge is 2.21. The van der Waals surface area contributed by atoms with Gasteiger partial charge >= 0.3 is 0 Å². The number of nitrogens with zero attached hydrogens (tertiary/aromatic N) is 2. The van der Waals surface area contributed by atoms with Crippen LogP contribution in [0.3, 0.4) is 0 Å². The molecule has 132 valence electrons. The topological polar surface area (TPSA) is 63.7 Å². The summed E-state index contributed by atoms with van der Waals surface area (Å²) >= 11 is 0. The molecule has 0 spiro atoms. The highest BCUT2D eigenvalue weighted by molar-refractivity contribution is 5.76. The molecule has 2 aliphatic rings. The minimum atomic E-state index is -0.000385. The minimum absolute atomic E-state index is 0.000385. The van der Waals surface area contributed by atoms with Gasteiger partial charge in [-0.05, 0) is 44.4 Å². The molecule has 1 saturated heterocycles. The van der Waals surface area contributed by atoms with E-state index in [1.54, 1.807) is 6.20 Å². The molecule has 1 atom stereocenters. The predicted octanol–water partition coefficient (Wildman–Crippen LogP) is 1.99. The number of carbonyl (C=O) groups excluding carboxylic acids is 1. The van der Waals surface area contributed by atoms with Crippen molar-refractivity contribution in [1.82, 2.24) is 15.2 Å². The Morgan fingerprint density at radius 1 is 1.29 bits per heavy atom. The molecular formula is C18H27N3O3. The maximum atomic E-state index is 11.9. The molecule has 0 bridgehead atoms. The Labute approximate surface area is 143 Å². The molecular weight excluding hydrogens is 306 g/mol. The molecule has 2 aliphatic heterocycles. The number of pyridine rings is 1. The first kappa shape index (κ1) is 17.0. The average molecular weight is 333 g/mol. The monoisotopic (exact) mass is 333 g/mol. The molecule has 1 unspecified atom stereocenters. The molecule has 3 rings (SSSR count). The van der Waals surface area contributed by atoms with Gasteiger partial charge in [-0.1, -0.05) is 6.42 Å². The van der Waals surface area contributed by atoms with Crippen LogP contribution in [0.4, 0.5) is 0 Å². The van der Waals surface area contributed by atoms with Crippen molar-refractivity contribution in [2.45, 2.75) is 44.6 Å². The average Bonchev–Trinajstić information content (AvgIpc) is 2.82. The van der Waals surface area contributed by atoms with Gasteiger partial charge < -0.3 is 19.7 Å². The van der Waals surface area contributed by atoms with E-state index in [0.717, 1.165) is 64.0 Å². The fraction of sp³-hybridized carbons (Fsp3) is 0.667. The summed E-state index contributed by atoms with van der Waals surface area (Å²) in [6.45, 7) is 4.05. The highest BCUT2D eigenvalue weighted by atomic mass is 16.6. The van der Waals surface area contributed by atoms with Crippen LogP contribution in [-0.2, 0) is 4.79 Å². The third-order valence-corrected chi connectivity index (χ3v) is 4.51. The molecule has 1 amide bonds.